The van der Waals surface area contributed by atoms with Crippen molar-refractivity contribution in [3.63, 3.8) is 0 Å². The molecular weight excluding hydrogens is 439 g/mol. The molecule has 2 aromatic carbocycles. The van der Waals surface area contributed by atoms with Crippen LogP contribution in [0.3, 0.4) is 0 Å². The maximum absolute atomic E-state index is 14.4. The van der Waals surface area contributed by atoms with Crippen molar-refractivity contribution in [2.75, 3.05) is 17.2 Å². The van der Waals surface area contributed by atoms with E-state index < -0.39 is 5.82 Å². The van der Waals surface area contributed by atoms with Crippen LogP contribution in [0.5, 0.6) is 0 Å². The number of anilines is 1. The second kappa shape index (κ2) is 10.6. The first-order valence-corrected chi connectivity index (χ1v) is 12.1. The lowest BCUT2D eigenvalue weighted by Crippen LogP contribution is -2.34. The van der Waals surface area contributed by atoms with Crippen molar-refractivity contribution in [2.45, 2.75) is 49.7 Å². The number of fused-ring (bicyclic) bond motifs is 1. The van der Waals surface area contributed by atoms with Crippen LogP contribution >= 0.6 is 11.8 Å². The fraction of sp³-hybridized carbons (Fsp3) is 0.360. The van der Waals surface area contributed by atoms with E-state index in [0.717, 1.165) is 32.1 Å². The molecule has 1 aromatic heterocycles. The molecule has 170 valence electrons. The largest absolute Gasteiger partial charge is 0.308 e. The molecule has 3 aromatic rings. The van der Waals surface area contributed by atoms with Crippen LogP contribution < -0.4 is 10.5 Å². The Bertz CT molecular complexity index is 1250. The third kappa shape index (κ3) is 5.09. The predicted octanol–water partition coefficient (Wildman–Crippen LogP) is 5.08. The molecule has 0 unspecified atom stereocenters. The molecule has 0 aliphatic heterocycles. The summed E-state index contributed by atoms with van der Waals surface area (Å²) in [7, 11) is 0. The second-order valence-corrected chi connectivity index (χ2v) is 9.01. The number of hydrogen-bond donors (Lipinski definition) is 0. The van der Waals surface area contributed by atoms with E-state index in [1.807, 2.05) is 18.2 Å². The first-order chi connectivity index (χ1) is 16.1. The predicted molar refractivity (Wildman–Crippen MR) is 128 cm³/mol. The van der Waals surface area contributed by atoms with Gasteiger partial charge in [-0.2, -0.15) is 5.26 Å². The van der Waals surface area contributed by atoms with E-state index in [-0.39, 0.29) is 41.9 Å². The Morgan fingerprint density at radius 3 is 2.64 bits per heavy atom. The highest BCUT2D eigenvalue weighted by Crippen LogP contribution is 2.31. The van der Waals surface area contributed by atoms with Gasteiger partial charge in [0.05, 0.1) is 34.8 Å². The SMILES string of the molecule is N#CCCN(C(=O)CSc1nc2ccccc2c(=O)n1C1CCCCC1)c1ccccc1F. The van der Waals surface area contributed by atoms with Crippen LogP contribution in [0.4, 0.5) is 10.1 Å². The Balaban J connectivity index is 1.65. The molecule has 1 heterocycles. The third-order valence-corrected chi connectivity index (χ3v) is 6.87. The highest BCUT2D eigenvalue weighted by molar-refractivity contribution is 7.99. The van der Waals surface area contributed by atoms with Gasteiger partial charge in [-0.25, -0.2) is 9.37 Å². The summed E-state index contributed by atoms with van der Waals surface area (Å²) in [4.78, 5) is 32.5. The van der Waals surface area contributed by atoms with E-state index >= 15 is 0 Å². The Morgan fingerprint density at radius 1 is 1.15 bits per heavy atom. The fourth-order valence-electron chi connectivity index (χ4n) is 4.30. The molecule has 1 aliphatic rings. The van der Waals surface area contributed by atoms with Gasteiger partial charge >= 0.3 is 0 Å². The normalized spacial score (nSPS) is 14.2. The van der Waals surface area contributed by atoms with Gasteiger partial charge in [0.2, 0.25) is 5.91 Å². The summed E-state index contributed by atoms with van der Waals surface area (Å²) in [6.07, 6.45) is 5.18. The lowest BCUT2D eigenvalue weighted by Gasteiger charge is -2.26. The average Bonchev–Trinajstić information content (AvgIpc) is 2.84. The summed E-state index contributed by atoms with van der Waals surface area (Å²) in [6, 6.07) is 15.4. The van der Waals surface area contributed by atoms with Crippen molar-refractivity contribution in [2.24, 2.45) is 0 Å². The molecule has 0 N–H and O–H groups in total. The topological polar surface area (TPSA) is 79.0 Å². The van der Waals surface area contributed by atoms with E-state index in [9.17, 15) is 14.0 Å². The minimum Gasteiger partial charge on any atom is -0.308 e. The third-order valence-electron chi connectivity index (χ3n) is 5.93. The summed E-state index contributed by atoms with van der Waals surface area (Å²) < 4.78 is 16.1. The van der Waals surface area contributed by atoms with E-state index in [2.05, 4.69) is 0 Å². The lowest BCUT2D eigenvalue weighted by molar-refractivity contribution is -0.116. The number of aromatic nitrogens is 2. The summed E-state index contributed by atoms with van der Waals surface area (Å²) in [5.74, 6) is -0.869. The molecule has 1 amide bonds. The molecule has 0 radical (unpaired) electrons. The fourth-order valence-corrected chi connectivity index (χ4v) is 5.25. The van der Waals surface area contributed by atoms with Gasteiger partial charge in [0.15, 0.2) is 5.16 Å². The number of halogens is 1. The molecule has 4 rings (SSSR count). The summed E-state index contributed by atoms with van der Waals surface area (Å²) in [6.45, 7) is 0.0946. The summed E-state index contributed by atoms with van der Waals surface area (Å²) in [5.41, 5.74) is 0.660. The van der Waals surface area contributed by atoms with Crippen LogP contribution in [-0.2, 0) is 4.79 Å². The highest BCUT2D eigenvalue weighted by atomic mass is 32.2. The number of rotatable bonds is 7. The lowest BCUT2D eigenvalue weighted by atomic mass is 9.95. The monoisotopic (exact) mass is 464 g/mol. The minimum atomic E-state index is -0.517. The van der Waals surface area contributed by atoms with Gasteiger partial charge < -0.3 is 4.90 Å². The highest BCUT2D eigenvalue weighted by Gasteiger charge is 2.24. The van der Waals surface area contributed by atoms with Gasteiger partial charge in [0, 0.05) is 12.6 Å². The Hall–Kier alpha value is -3.18. The molecule has 1 fully saturated rings. The Morgan fingerprint density at radius 2 is 1.88 bits per heavy atom. The van der Waals surface area contributed by atoms with Crippen LogP contribution in [-0.4, -0.2) is 27.8 Å². The van der Waals surface area contributed by atoms with Crippen LogP contribution in [0.15, 0.2) is 58.5 Å². The van der Waals surface area contributed by atoms with Gasteiger partial charge in [-0.1, -0.05) is 55.3 Å². The molecule has 0 atom stereocenters. The number of carbonyl (C=O) groups excluding carboxylic acids is 1. The van der Waals surface area contributed by atoms with E-state index in [1.54, 1.807) is 28.8 Å². The van der Waals surface area contributed by atoms with Gasteiger partial charge in [-0.05, 0) is 37.1 Å². The van der Waals surface area contributed by atoms with E-state index in [4.69, 9.17) is 10.2 Å². The van der Waals surface area contributed by atoms with Crippen LogP contribution in [0, 0.1) is 17.1 Å². The van der Waals surface area contributed by atoms with Crippen molar-refractivity contribution in [3.05, 3.63) is 64.7 Å². The van der Waals surface area contributed by atoms with Crippen molar-refractivity contribution < 1.29 is 9.18 Å². The standard InChI is InChI=1S/C25H25FN4O2S/c26-20-12-5-7-14-22(20)29(16-8-15-27)23(31)17-33-25-28-21-13-6-4-11-19(21)24(32)30(25)18-9-2-1-3-10-18/h4-7,11-14,18H,1-3,8-10,16-17H2. The number of hydrogen-bond acceptors (Lipinski definition) is 5. The molecule has 1 saturated carbocycles. The molecule has 33 heavy (non-hydrogen) atoms. The number of carbonyl (C=O) groups is 1. The number of amides is 1. The Kier molecular flexibility index (Phi) is 7.40. The maximum atomic E-state index is 14.4. The molecule has 8 heteroatoms. The van der Waals surface area contributed by atoms with Crippen LogP contribution in [0.25, 0.3) is 10.9 Å². The van der Waals surface area contributed by atoms with E-state index in [0.29, 0.717) is 16.1 Å². The van der Waals surface area contributed by atoms with E-state index in [1.165, 1.54) is 28.8 Å². The zero-order valence-electron chi connectivity index (χ0n) is 18.2. The number of thioether (sulfide) groups is 1. The molecule has 1 aliphatic carbocycles. The quantitative estimate of drug-likeness (QED) is 0.360. The van der Waals surface area contributed by atoms with Crippen LogP contribution in [0.2, 0.25) is 0 Å². The van der Waals surface area contributed by atoms with Gasteiger partial charge in [-0.15, -0.1) is 0 Å². The molecule has 0 spiro atoms. The minimum absolute atomic E-state index is 0.0166. The van der Waals surface area contributed by atoms with Gasteiger partial charge in [-0.3, -0.25) is 14.2 Å². The van der Waals surface area contributed by atoms with Crippen molar-refractivity contribution in [1.29, 1.82) is 5.26 Å². The molecule has 0 bridgehead atoms. The van der Waals surface area contributed by atoms with Crippen LogP contribution in [0.1, 0.15) is 44.6 Å². The molecule has 0 saturated heterocycles. The summed E-state index contributed by atoms with van der Waals surface area (Å²) >= 11 is 1.20. The first-order valence-electron chi connectivity index (χ1n) is 11.2. The molecule has 6 nitrogen and oxygen atoms in total. The van der Waals surface area contributed by atoms with Crippen molar-refractivity contribution in [1.82, 2.24) is 9.55 Å². The van der Waals surface area contributed by atoms with Gasteiger partial charge in [0.25, 0.3) is 5.56 Å². The number of nitrogens with zero attached hydrogens (tertiary/aromatic N) is 4. The average molecular weight is 465 g/mol. The second-order valence-electron chi connectivity index (χ2n) is 8.07. The number of para-hydroxylation sites is 2. The van der Waals surface area contributed by atoms with Crippen molar-refractivity contribution >= 4 is 34.3 Å². The van der Waals surface area contributed by atoms with Gasteiger partial charge in [0.1, 0.15) is 5.82 Å². The zero-order chi connectivity index (χ0) is 23.2. The smallest absolute Gasteiger partial charge is 0.262 e. The maximum Gasteiger partial charge on any atom is 0.262 e. The zero-order valence-corrected chi connectivity index (χ0v) is 19.1. The Labute approximate surface area is 196 Å². The number of nitriles is 1. The first kappa shape index (κ1) is 23.0. The number of benzene rings is 2. The molecular formula is C25H25FN4O2S. The summed E-state index contributed by atoms with van der Waals surface area (Å²) in [5, 5.41) is 10.1. The van der Waals surface area contributed by atoms with Crippen molar-refractivity contribution in [3.8, 4) is 6.07 Å².